The number of carbonyl (C=O) groups is 1. The molecule has 2 aromatic carbocycles. The van der Waals surface area contributed by atoms with Crippen LogP contribution < -0.4 is 10.2 Å². The molecule has 0 spiro atoms. The molecular formula is C21H26ClN3O3S2. The van der Waals surface area contributed by atoms with Gasteiger partial charge in [-0.2, -0.15) is 4.31 Å². The number of piperazine rings is 1. The fourth-order valence-electron chi connectivity index (χ4n) is 3.23. The quantitative estimate of drug-likeness (QED) is 0.646. The van der Waals surface area contributed by atoms with Gasteiger partial charge in [0.1, 0.15) is 0 Å². The lowest BCUT2D eigenvalue weighted by Gasteiger charge is -2.35. The number of thioether (sulfide) groups is 1. The van der Waals surface area contributed by atoms with Crippen molar-refractivity contribution in [2.24, 2.45) is 5.92 Å². The van der Waals surface area contributed by atoms with Crippen LogP contribution in [0.3, 0.4) is 0 Å². The molecule has 1 aliphatic rings. The predicted molar refractivity (Wildman–Crippen MR) is 124 cm³/mol. The fraction of sp³-hybridized carbons (Fsp3) is 0.381. The van der Waals surface area contributed by atoms with Crippen LogP contribution in [0.4, 0.5) is 11.4 Å². The zero-order valence-electron chi connectivity index (χ0n) is 17.3. The number of hydrogen-bond acceptors (Lipinski definition) is 5. The standard InChI is InChI=1S/C21H26ClN3O3S2/c1-15(2)21(26)23-19-14-18(7-8-20(19)29-3)30(27,28)25-11-9-24(10-12-25)17-6-4-5-16(22)13-17/h4-8,13-15H,9-12H2,1-3H3,(H,23,26). The Morgan fingerprint density at radius 2 is 1.80 bits per heavy atom. The van der Waals surface area contributed by atoms with Crippen molar-refractivity contribution in [3.63, 3.8) is 0 Å². The number of halogens is 1. The number of sulfonamides is 1. The topological polar surface area (TPSA) is 69.7 Å². The Labute approximate surface area is 187 Å². The molecule has 1 heterocycles. The highest BCUT2D eigenvalue weighted by atomic mass is 35.5. The minimum atomic E-state index is -3.66. The molecule has 1 N–H and O–H groups in total. The average molecular weight is 468 g/mol. The number of nitrogens with zero attached hydrogens (tertiary/aromatic N) is 2. The van der Waals surface area contributed by atoms with Crippen molar-refractivity contribution < 1.29 is 13.2 Å². The highest BCUT2D eigenvalue weighted by Crippen LogP contribution is 2.30. The molecule has 1 amide bonds. The molecule has 0 aliphatic carbocycles. The second-order valence-electron chi connectivity index (χ2n) is 7.38. The summed E-state index contributed by atoms with van der Waals surface area (Å²) >= 11 is 7.54. The van der Waals surface area contributed by atoms with E-state index in [1.54, 1.807) is 32.0 Å². The van der Waals surface area contributed by atoms with E-state index in [4.69, 9.17) is 11.6 Å². The molecule has 1 saturated heterocycles. The minimum absolute atomic E-state index is 0.144. The molecule has 30 heavy (non-hydrogen) atoms. The van der Waals surface area contributed by atoms with Crippen LogP contribution in [0.1, 0.15) is 13.8 Å². The van der Waals surface area contributed by atoms with Gasteiger partial charge in [0.05, 0.1) is 10.6 Å². The summed E-state index contributed by atoms with van der Waals surface area (Å²) in [6.07, 6.45) is 1.89. The smallest absolute Gasteiger partial charge is 0.243 e. The van der Waals surface area contributed by atoms with Crippen LogP contribution in [0.25, 0.3) is 0 Å². The van der Waals surface area contributed by atoms with E-state index in [2.05, 4.69) is 10.2 Å². The Morgan fingerprint density at radius 1 is 1.10 bits per heavy atom. The maximum absolute atomic E-state index is 13.2. The molecule has 0 bridgehead atoms. The third-order valence-electron chi connectivity index (χ3n) is 5.00. The Hall–Kier alpha value is -1.74. The first kappa shape index (κ1) is 22.9. The third-order valence-corrected chi connectivity index (χ3v) is 7.93. The molecule has 0 saturated carbocycles. The van der Waals surface area contributed by atoms with Crippen molar-refractivity contribution >= 4 is 50.7 Å². The van der Waals surface area contributed by atoms with Crippen LogP contribution in [0.15, 0.2) is 52.3 Å². The van der Waals surface area contributed by atoms with Gasteiger partial charge in [0.15, 0.2) is 0 Å². The Morgan fingerprint density at radius 3 is 2.40 bits per heavy atom. The summed E-state index contributed by atoms with van der Waals surface area (Å²) in [6, 6.07) is 12.5. The zero-order valence-corrected chi connectivity index (χ0v) is 19.6. The van der Waals surface area contributed by atoms with E-state index in [0.717, 1.165) is 10.6 Å². The van der Waals surface area contributed by atoms with Gasteiger partial charge in [0.2, 0.25) is 15.9 Å². The molecule has 6 nitrogen and oxygen atoms in total. The van der Waals surface area contributed by atoms with Crippen LogP contribution in [0, 0.1) is 5.92 Å². The average Bonchev–Trinajstić information content (AvgIpc) is 2.73. The summed E-state index contributed by atoms with van der Waals surface area (Å²) in [7, 11) is -3.66. The lowest BCUT2D eigenvalue weighted by molar-refractivity contribution is -0.118. The van der Waals surface area contributed by atoms with Gasteiger partial charge in [-0.25, -0.2) is 8.42 Å². The summed E-state index contributed by atoms with van der Waals surface area (Å²) in [6.45, 7) is 5.53. The maximum Gasteiger partial charge on any atom is 0.243 e. The zero-order chi connectivity index (χ0) is 21.9. The fourth-order valence-corrected chi connectivity index (χ4v) is 5.40. The van der Waals surface area contributed by atoms with Crippen molar-refractivity contribution in [1.29, 1.82) is 0 Å². The highest BCUT2D eigenvalue weighted by Gasteiger charge is 2.29. The first-order chi connectivity index (χ1) is 14.2. The third kappa shape index (κ3) is 5.11. The molecule has 1 aliphatic heterocycles. The highest BCUT2D eigenvalue weighted by molar-refractivity contribution is 7.98. The molecule has 3 rings (SSSR count). The molecule has 9 heteroatoms. The maximum atomic E-state index is 13.2. The lowest BCUT2D eigenvalue weighted by Crippen LogP contribution is -2.48. The van der Waals surface area contributed by atoms with Gasteiger partial charge in [-0.05, 0) is 42.7 Å². The molecule has 162 valence electrons. The second-order valence-corrected chi connectivity index (χ2v) is 10.6. The number of amides is 1. The molecule has 1 fully saturated rings. The van der Waals surface area contributed by atoms with E-state index >= 15 is 0 Å². The summed E-state index contributed by atoms with van der Waals surface area (Å²) in [4.78, 5) is 15.3. The summed E-state index contributed by atoms with van der Waals surface area (Å²) in [5, 5.41) is 3.51. The molecule has 0 radical (unpaired) electrons. The van der Waals surface area contributed by atoms with Gasteiger partial charge >= 0.3 is 0 Å². The van der Waals surface area contributed by atoms with E-state index in [0.29, 0.717) is 36.9 Å². The van der Waals surface area contributed by atoms with Gasteiger partial charge < -0.3 is 10.2 Å². The van der Waals surface area contributed by atoms with Crippen LogP contribution in [0.5, 0.6) is 0 Å². The Kier molecular flexibility index (Phi) is 7.34. The van der Waals surface area contributed by atoms with Crippen LogP contribution in [-0.4, -0.2) is 51.1 Å². The van der Waals surface area contributed by atoms with Crippen molar-refractivity contribution in [2.45, 2.75) is 23.6 Å². The molecule has 0 aromatic heterocycles. The van der Waals surface area contributed by atoms with Gasteiger partial charge in [-0.3, -0.25) is 4.79 Å². The van der Waals surface area contributed by atoms with Crippen LogP contribution in [-0.2, 0) is 14.8 Å². The van der Waals surface area contributed by atoms with Crippen molar-refractivity contribution in [3.05, 3.63) is 47.5 Å². The van der Waals surface area contributed by atoms with Gasteiger partial charge in [0, 0.05) is 47.7 Å². The Bertz CT molecular complexity index is 1020. The number of nitrogens with one attached hydrogen (secondary N) is 1. The van der Waals surface area contributed by atoms with Gasteiger partial charge in [-0.15, -0.1) is 11.8 Å². The summed E-state index contributed by atoms with van der Waals surface area (Å²) in [5.41, 5.74) is 1.52. The largest absolute Gasteiger partial charge is 0.369 e. The number of anilines is 2. The van der Waals surface area contributed by atoms with E-state index in [-0.39, 0.29) is 16.7 Å². The first-order valence-electron chi connectivity index (χ1n) is 9.72. The van der Waals surface area contributed by atoms with Crippen LogP contribution in [0.2, 0.25) is 5.02 Å². The predicted octanol–water partition coefficient (Wildman–Crippen LogP) is 4.17. The minimum Gasteiger partial charge on any atom is -0.369 e. The summed E-state index contributed by atoms with van der Waals surface area (Å²) in [5.74, 6) is -0.338. The van der Waals surface area contributed by atoms with Crippen molar-refractivity contribution in [3.8, 4) is 0 Å². The SMILES string of the molecule is CSc1ccc(S(=O)(=O)N2CCN(c3cccc(Cl)c3)CC2)cc1NC(=O)C(C)C. The van der Waals surface area contributed by atoms with Crippen LogP contribution >= 0.6 is 23.4 Å². The second kappa shape index (κ2) is 9.60. The van der Waals surface area contributed by atoms with E-state index < -0.39 is 10.0 Å². The van der Waals surface area contributed by atoms with E-state index in [1.165, 1.54) is 16.1 Å². The molecule has 0 unspecified atom stereocenters. The van der Waals surface area contributed by atoms with E-state index in [9.17, 15) is 13.2 Å². The number of rotatable bonds is 6. The number of carbonyl (C=O) groups excluding carboxylic acids is 1. The van der Waals surface area contributed by atoms with Gasteiger partial charge in [0.25, 0.3) is 0 Å². The molecule has 0 atom stereocenters. The van der Waals surface area contributed by atoms with Crippen molar-refractivity contribution in [1.82, 2.24) is 4.31 Å². The number of hydrogen-bond donors (Lipinski definition) is 1. The monoisotopic (exact) mass is 467 g/mol. The lowest BCUT2D eigenvalue weighted by atomic mass is 10.2. The molecular weight excluding hydrogens is 442 g/mol. The van der Waals surface area contributed by atoms with Crippen molar-refractivity contribution in [2.75, 3.05) is 42.7 Å². The summed E-state index contributed by atoms with van der Waals surface area (Å²) < 4.78 is 27.9. The normalized spacial score (nSPS) is 15.4. The Balaban J connectivity index is 1.78. The number of benzene rings is 2. The first-order valence-corrected chi connectivity index (χ1v) is 12.8. The molecule has 2 aromatic rings. The van der Waals surface area contributed by atoms with E-state index in [1.807, 2.05) is 30.5 Å². The van der Waals surface area contributed by atoms with Gasteiger partial charge in [-0.1, -0.05) is 31.5 Å².